The van der Waals surface area contributed by atoms with E-state index >= 15 is 0 Å². The van der Waals surface area contributed by atoms with Gasteiger partial charge in [-0.3, -0.25) is 0 Å². The maximum absolute atomic E-state index is 5.32. The van der Waals surface area contributed by atoms with Gasteiger partial charge in [0.05, 0.1) is 13.4 Å². The summed E-state index contributed by atoms with van der Waals surface area (Å²) in [5, 5.41) is 3.14. The van der Waals surface area contributed by atoms with E-state index in [0.717, 1.165) is 17.1 Å². The molecule has 0 unspecified atom stereocenters. The molecule has 2 aromatic heterocycles. The molecule has 3 aromatic rings. The molecular formula is C15H13N3O2. The third kappa shape index (κ3) is 2.61. The number of nitrogens with one attached hydrogen (secondary N) is 1. The molecule has 5 nitrogen and oxygen atoms in total. The highest BCUT2D eigenvalue weighted by atomic mass is 16.5. The molecule has 100 valence electrons. The highest BCUT2D eigenvalue weighted by molar-refractivity contribution is 5.59. The molecule has 0 saturated carbocycles. The van der Waals surface area contributed by atoms with Crippen LogP contribution in [0.1, 0.15) is 0 Å². The van der Waals surface area contributed by atoms with E-state index in [1.165, 1.54) is 0 Å². The van der Waals surface area contributed by atoms with Gasteiger partial charge < -0.3 is 14.5 Å². The lowest BCUT2D eigenvalue weighted by Gasteiger charge is -2.07. The van der Waals surface area contributed by atoms with Crippen molar-refractivity contribution in [3.8, 4) is 17.2 Å². The highest BCUT2D eigenvalue weighted by Gasteiger charge is 2.05. The van der Waals surface area contributed by atoms with Crippen LogP contribution in [0.5, 0.6) is 5.75 Å². The Morgan fingerprint density at radius 3 is 2.90 bits per heavy atom. The molecule has 3 rings (SSSR count). The van der Waals surface area contributed by atoms with Crippen LogP contribution < -0.4 is 10.1 Å². The maximum atomic E-state index is 5.32. The lowest BCUT2D eigenvalue weighted by atomic mass is 10.3. The van der Waals surface area contributed by atoms with Gasteiger partial charge in [0.25, 0.3) is 0 Å². The first-order valence-electron chi connectivity index (χ1n) is 6.13. The number of hydrogen-bond donors (Lipinski definition) is 1. The zero-order valence-electron chi connectivity index (χ0n) is 10.9. The van der Waals surface area contributed by atoms with Crippen LogP contribution in [-0.2, 0) is 0 Å². The molecule has 20 heavy (non-hydrogen) atoms. The quantitative estimate of drug-likeness (QED) is 0.784. The summed E-state index contributed by atoms with van der Waals surface area (Å²) in [4.78, 5) is 8.60. The van der Waals surface area contributed by atoms with Gasteiger partial charge in [0, 0.05) is 18.0 Å². The number of ether oxygens (including phenoxy) is 1. The van der Waals surface area contributed by atoms with Crippen molar-refractivity contribution in [2.75, 3.05) is 12.4 Å². The Bertz CT molecular complexity index is 696. The topological polar surface area (TPSA) is 60.2 Å². The Kier molecular flexibility index (Phi) is 3.33. The molecule has 0 radical (unpaired) electrons. The largest absolute Gasteiger partial charge is 0.497 e. The maximum Gasteiger partial charge on any atom is 0.227 e. The third-order valence-corrected chi connectivity index (χ3v) is 2.76. The summed E-state index contributed by atoms with van der Waals surface area (Å²) in [5.41, 5.74) is 1.59. The minimum atomic E-state index is 0.507. The highest BCUT2D eigenvalue weighted by Crippen LogP contribution is 2.21. The zero-order chi connectivity index (χ0) is 13.8. The first-order valence-corrected chi connectivity index (χ1v) is 6.13. The number of rotatable bonds is 4. The van der Waals surface area contributed by atoms with Crippen molar-refractivity contribution in [3.63, 3.8) is 0 Å². The monoisotopic (exact) mass is 267 g/mol. The molecular weight excluding hydrogens is 254 g/mol. The molecule has 5 heteroatoms. The molecule has 0 atom stereocenters. The van der Waals surface area contributed by atoms with Crippen molar-refractivity contribution in [1.29, 1.82) is 0 Å². The third-order valence-electron chi connectivity index (χ3n) is 2.76. The molecule has 0 fully saturated rings. The van der Waals surface area contributed by atoms with Crippen LogP contribution in [0.25, 0.3) is 11.5 Å². The lowest BCUT2D eigenvalue weighted by molar-refractivity contribution is 0.415. The van der Waals surface area contributed by atoms with Crippen LogP contribution in [0.4, 0.5) is 11.6 Å². The van der Waals surface area contributed by atoms with Crippen LogP contribution >= 0.6 is 0 Å². The fraction of sp³-hybridized carbons (Fsp3) is 0.0667. The summed E-state index contributed by atoms with van der Waals surface area (Å²) < 4.78 is 10.5. The second kappa shape index (κ2) is 5.44. The van der Waals surface area contributed by atoms with Crippen LogP contribution in [0.2, 0.25) is 0 Å². The van der Waals surface area contributed by atoms with E-state index in [2.05, 4.69) is 15.3 Å². The summed E-state index contributed by atoms with van der Waals surface area (Å²) in [6.45, 7) is 0. The Labute approximate surface area is 116 Å². The number of aromatic nitrogens is 2. The Morgan fingerprint density at radius 1 is 1.15 bits per heavy atom. The van der Waals surface area contributed by atoms with Gasteiger partial charge in [-0.2, -0.15) is 0 Å². The molecule has 0 bridgehead atoms. The summed E-state index contributed by atoms with van der Waals surface area (Å²) in [7, 11) is 1.63. The van der Waals surface area contributed by atoms with E-state index in [-0.39, 0.29) is 0 Å². The van der Waals surface area contributed by atoms with E-state index in [9.17, 15) is 0 Å². The Morgan fingerprint density at radius 2 is 2.10 bits per heavy atom. The van der Waals surface area contributed by atoms with E-state index in [1.807, 2.05) is 36.4 Å². The molecule has 1 aromatic carbocycles. The van der Waals surface area contributed by atoms with Gasteiger partial charge in [0.2, 0.25) is 5.95 Å². The number of nitrogens with zero attached hydrogens (tertiary/aromatic N) is 2. The Balaban J connectivity index is 1.85. The number of furan rings is 1. The van der Waals surface area contributed by atoms with Gasteiger partial charge in [-0.15, -0.1) is 0 Å². The standard InChI is InChI=1S/C15H13N3O2/c1-19-12-5-2-4-11(10-12)17-15-16-8-7-13(18-15)14-6-3-9-20-14/h2-10H,1H3,(H,16,17,18). The minimum Gasteiger partial charge on any atom is -0.497 e. The molecule has 0 amide bonds. The minimum absolute atomic E-state index is 0.507. The first-order chi connectivity index (χ1) is 9.85. The van der Waals surface area contributed by atoms with Crippen molar-refractivity contribution >= 4 is 11.6 Å². The van der Waals surface area contributed by atoms with Gasteiger partial charge >= 0.3 is 0 Å². The van der Waals surface area contributed by atoms with E-state index in [0.29, 0.717) is 11.7 Å². The fourth-order valence-corrected chi connectivity index (χ4v) is 1.81. The van der Waals surface area contributed by atoms with Crippen LogP contribution in [-0.4, -0.2) is 17.1 Å². The molecule has 1 N–H and O–H groups in total. The van der Waals surface area contributed by atoms with Crippen molar-refractivity contribution in [3.05, 3.63) is 54.9 Å². The average Bonchev–Trinajstić information content (AvgIpc) is 3.02. The van der Waals surface area contributed by atoms with Crippen LogP contribution in [0.3, 0.4) is 0 Å². The molecule has 0 spiro atoms. The van der Waals surface area contributed by atoms with Crippen LogP contribution in [0.15, 0.2) is 59.3 Å². The van der Waals surface area contributed by atoms with Crippen molar-refractivity contribution in [2.45, 2.75) is 0 Å². The molecule has 0 aliphatic carbocycles. The van der Waals surface area contributed by atoms with E-state index in [4.69, 9.17) is 9.15 Å². The summed E-state index contributed by atoms with van der Waals surface area (Å²) in [5.74, 6) is 1.99. The van der Waals surface area contributed by atoms with Gasteiger partial charge in [-0.05, 0) is 30.3 Å². The number of methoxy groups -OCH3 is 1. The predicted molar refractivity (Wildman–Crippen MR) is 76.0 cm³/mol. The van der Waals surface area contributed by atoms with Crippen molar-refractivity contribution < 1.29 is 9.15 Å². The lowest BCUT2D eigenvalue weighted by Crippen LogP contribution is -1.97. The normalized spacial score (nSPS) is 10.2. The zero-order valence-corrected chi connectivity index (χ0v) is 10.9. The van der Waals surface area contributed by atoms with Crippen LogP contribution in [0, 0.1) is 0 Å². The molecule has 0 aliphatic rings. The average molecular weight is 267 g/mol. The van der Waals surface area contributed by atoms with E-state index in [1.54, 1.807) is 25.6 Å². The van der Waals surface area contributed by atoms with Gasteiger partial charge in [0.15, 0.2) is 5.76 Å². The summed E-state index contributed by atoms with van der Waals surface area (Å²) in [6, 6.07) is 13.1. The SMILES string of the molecule is COc1cccc(Nc2nccc(-c3ccco3)n2)c1. The molecule has 0 aliphatic heterocycles. The predicted octanol–water partition coefficient (Wildman–Crippen LogP) is 3.49. The molecule has 0 saturated heterocycles. The summed E-state index contributed by atoms with van der Waals surface area (Å²) >= 11 is 0. The summed E-state index contributed by atoms with van der Waals surface area (Å²) in [6.07, 6.45) is 3.31. The number of anilines is 2. The van der Waals surface area contributed by atoms with Crippen molar-refractivity contribution in [2.24, 2.45) is 0 Å². The van der Waals surface area contributed by atoms with Gasteiger partial charge in [-0.25, -0.2) is 9.97 Å². The smallest absolute Gasteiger partial charge is 0.227 e. The van der Waals surface area contributed by atoms with Gasteiger partial charge in [0.1, 0.15) is 11.4 Å². The molecule has 2 heterocycles. The Hall–Kier alpha value is -2.82. The van der Waals surface area contributed by atoms with Gasteiger partial charge in [-0.1, -0.05) is 6.07 Å². The first kappa shape index (κ1) is 12.2. The number of benzene rings is 1. The fourth-order valence-electron chi connectivity index (χ4n) is 1.81. The van der Waals surface area contributed by atoms with Crippen molar-refractivity contribution in [1.82, 2.24) is 9.97 Å². The van der Waals surface area contributed by atoms with E-state index < -0.39 is 0 Å². The number of hydrogen-bond acceptors (Lipinski definition) is 5. The second-order valence-corrected chi connectivity index (χ2v) is 4.10. The second-order valence-electron chi connectivity index (χ2n) is 4.10.